The van der Waals surface area contributed by atoms with E-state index < -0.39 is 17.9 Å². The zero-order valence-electron chi connectivity index (χ0n) is 18.1. The molecule has 0 spiro atoms. The topological polar surface area (TPSA) is 105 Å². The summed E-state index contributed by atoms with van der Waals surface area (Å²) in [5.41, 5.74) is 0.752. The fourth-order valence-corrected chi connectivity index (χ4v) is 4.65. The van der Waals surface area contributed by atoms with Crippen LogP contribution in [-0.4, -0.2) is 70.4 Å². The molecule has 1 aromatic carbocycles. The third kappa shape index (κ3) is 7.14. The average molecular weight is 499 g/mol. The van der Waals surface area contributed by atoms with Gasteiger partial charge in [0.1, 0.15) is 10.4 Å². The molecular weight excluding hydrogens is 472 g/mol. The predicted octanol–water partition coefficient (Wildman–Crippen LogP) is 3.01. The highest BCUT2D eigenvalue weighted by Gasteiger charge is 2.32. The zero-order valence-corrected chi connectivity index (χ0v) is 20.5. The van der Waals surface area contributed by atoms with E-state index in [0.717, 1.165) is 17.3 Å². The first-order valence-electron chi connectivity index (χ1n) is 9.88. The summed E-state index contributed by atoms with van der Waals surface area (Å²) in [6, 6.07) is 4.41. The number of hydrogen-bond acceptors (Lipinski definition) is 8. The fourth-order valence-electron chi connectivity index (χ4n) is 2.87. The van der Waals surface area contributed by atoms with Gasteiger partial charge >= 0.3 is 5.97 Å². The van der Waals surface area contributed by atoms with Crippen molar-refractivity contribution in [2.24, 2.45) is 0 Å². The first kappa shape index (κ1) is 26.0. The maximum Gasteiger partial charge on any atom is 0.326 e. The maximum absolute atomic E-state index is 12.8. The molecule has 8 nitrogen and oxygen atoms in total. The molecule has 0 saturated carbocycles. The number of thioether (sulfide) groups is 2. The van der Waals surface area contributed by atoms with Crippen LogP contribution in [0.4, 0.5) is 0 Å². The quantitative estimate of drug-likeness (QED) is 0.332. The Bertz CT molecular complexity index is 906. The molecule has 1 aliphatic rings. The number of hydrogen-bond donors (Lipinski definition) is 2. The molecule has 1 saturated heterocycles. The molecule has 0 aromatic heterocycles. The van der Waals surface area contributed by atoms with Crippen LogP contribution in [0.3, 0.4) is 0 Å². The predicted molar refractivity (Wildman–Crippen MR) is 131 cm³/mol. The standard InChI is InChI=1S/C21H26N2O6S3/c1-4-29-15-6-5-13(11-16(15)28-2)12-17-19(25)23(21(30)32-17)9-7-18(24)22-14(20(26)27)8-10-31-3/h5-6,11-12,14H,4,7-10H2,1-3H3,(H,22,24)(H,26,27)/b17-12-. The van der Waals surface area contributed by atoms with Crippen LogP contribution in [0.2, 0.25) is 0 Å². The molecule has 2 rings (SSSR count). The van der Waals surface area contributed by atoms with Gasteiger partial charge in [-0.2, -0.15) is 11.8 Å². The third-order valence-electron chi connectivity index (χ3n) is 4.47. The average Bonchev–Trinajstić information content (AvgIpc) is 3.02. The second kappa shape index (κ2) is 12.7. The molecule has 1 heterocycles. The number of thiocarbonyl (C=S) groups is 1. The molecule has 1 unspecified atom stereocenters. The number of carbonyl (C=O) groups excluding carboxylic acids is 2. The van der Waals surface area contributed by atoms with Crippen molar-refractivity contribution in [2.75, 3.05) is 32.3 Å². The maximum atomic E-state index is 12.8. The van der Waals surface area contributed by atoms with Gasteiger partial charge in [0, 0.05) is 13.0 Å². The minimum Gasteiger partial charge on any atom is -0.493 e. The number of carbonyl (C=O) groups is 3. The summed E-state index contributed by atoms with van der Waals surface area (Å²) in [4.78, 5) is 38.1. The van der Waals surface area contributed by atoms with Crippen LogP contribution in [0.15, 0.2) is 23.1 Å². The number of aliphatic carboxylic acids is 1. The van der Waals surface area contributed by atoms with Gasteiger partial charge in [0.05, 0.1) is 18.6 Å². The van der Waals surface area contributed by atoms with E-state index in [-0.39, 0.29) is 18.9 Å². The van der Waals surface area contributed by atoms with E-state index in [1.807, 2.05) is 19.2 Å². The first-order chi connectivity index (χ1) is 15.3. The second-order valence-electron chi connectivity index (χ2n) is 6.67. The Labute approximate surface area is 201 Å². The van der Waals surface area contributed by atoms with Gasteiger partial charge in [-0.3, -0.25) is 14.5 Å². The van der Waals surface area contributed by atoms with Crippen molar-refractivity contribution in [1.82, 2.24) is 10.2 Å². The molecule has 11 heteroatoms. The van der Waals surface area contributed by atoms with Crippen LogP contribution in [0.25, 0.3) is 6.08 Å². The molecule has 1 aromatic rings. The van der Waals surface area contributed by atoms with Crippen molar-refractivity contribution >= 4 is 63.9 Å². The largest absolute Gasteiger partial charge is 0.493 e. The van der Waals surface area contributed by atoms with Crippen LogP contribution in [0.1, 0.15) is 25.3 Å². The third-order valence-corrected chi connectivity index (χ3v) is 6.49. The molecule has 1 fully saturated rings. The Morgan fingerprint density at radius 2 is 2.12 bits per heavy atom. The SMILES string of the molecule is CCOc1ccc(/C=C2\SC(=S)N(CCC(=O)NC(CCSC)C(=O)O)C2=O)cc1OC. The van der Waals surface area contributed by atoms with E-state index in [4.69, 9.17) is 21.7 Å². The summed E-state index contributed by atoms with van der Waals surface area (Å²) in [7, 11) is 1.54. The summed E-state index contributed by atoms with van der Waals surface area (Å²) in [5, 5.41) is 11.7. The number of ether oxygens (including phenoxy) is 2. The lowest BCUT2D eigenvalue weighted by Gasteiger charge is -2.17. The van der Waals surface area contributed by atoms with E-state index in [9.17, 15) is 19.5 Å². The lowest BCUT2D eigenvalue weighted by atomic mass is 10.2. The van der Waals surface area contributed by atoms with Crippen LogP contribution < -0.4 is 14.8 Å². The highest BCUT2D eigenvalue weighted by Crippen LogP contribution is 2.34. The zero-order chi connectivity index (χ0) is 23.7. The van der Waals surface area contributed by atoms with E-state index in [1.165, 1.54) is 16.7 Å². The first-order valence-corrected chi connectivity index (χ1v) is 12.5. The Morgan fingerprint density at radius 1 is 1.38 bits per heavy atom. The summed E-state index contributed by atoms with van der Waals surface area (Å²) in [6.45, 7) is 2.47. The Morgan fingerprint density at radius 3 is 2.75 bits per heavy atom. The highest BCUT2D eigenvalue weighted by atomic mass is 32.2. The van der Waals surface area contributed by atoms with Crippen molar-refractivity contribution in [2.45, 2.75) is 25.8 Å². The van der Waals surface area contributed by atoms with Gasteiger partial charge in [0.2, 0.25) is 5.91 Å². The molecule has 0 bridgehead atoms. The fraction of sp³-hybridized carbons (Fsp3) is 0.429. The van der Waals surface area contributed by atoms with Crippen molar-refractivity contribution in [3.63, 3.8) is 0 Å². The van der Waals surface area contributed by atoms with E-state index >= 15 is 0 Å². The van der Waals surface area contributed by atoms with Crippen molar-refractivity contribution in [3.05, 3.63) is 28.7 Å². The van der Waals surface area contributed by atoms with Crippen LogP contribution in [0, 0.1) is 0 Å². The molecule has 174 valence electrons. The lowest BCUT2D eigenvalue weighted by molar-refractivity contribution is -0.142. The van der Waals surface area contributed by atoms with Crippen LogP contribution >= 0.6 is 35.7 Å². The molecule has 1 atom stereocenters. The number of nitrogens with zero attached hydrogens (tertiary/aromatic N) is 1. The van der Waals surface area contributed by atoms with E-state index in [0.29, 0.717) is 39.5 Å². The van der Waals surface area contributed by atoms with Gasteiger partial charge in [-0.05, 0) is 49.1 Å². The number of benzene rings is 1. The number of carboxylic acids is 1. The summed E-state index contributed by atoms with van der Waals surface area (Å²) < 4.78 is 11.2. The molecule has 0 aliphatic carbocycles. The van der Waals surface area contributed by atoms with Gasteiger partial charge in [-0.1, -0.05) is 30.0 Å². The highest BCUT2D eigenvalue weighted by molar-refractivity contribution is 8.26. The molecule has 32 heavy (non-hydrogen) atoms. The summed E-state index contributed by atoms with van der Waals surface area (Å²) >= 11 is 7.97. The van der Waals surface area contributed by atoms with Gasteiger partial charge in [0.25, 0.3) is 5.91 Å². The molecule has 2 N–H and O–H groups in total. The normalized spacial score (nSPS) is 15.7. The van der Waals surface area contributed by atoms with Gasteiger partial charge < -0.3 is 19.9 Å². The monoisotopic (exact) mass is 498 g/mol. The van der Waals surface area contributed by atoms with Crippen molar-refractivity contribution < 1.29 is 29.0 Å². The number of amides is 2. The van der Waals surface area contributed by atoms with E-state index in [1.54, 1.807) is 25.3 Å². The van der Waals surface area contributed by atoms with Crippen LogP contribution in [-0.2, 0) is 14.4 Å². The van der Waals surface area contributed by atoms with Crippen molar-refractivity contribution in [3.8, 4) is 11.5 Å². The minimum atomic E-state index is -1.08. The summed E-state index contributed by atoms with van der Waals surface area (Å²) in [5.74, 6) is -0.0185. The minimum absolute atomic E-state index is 0.0420. The Hall–Kier alpha value is -2.24. The number of rotatable bonds is 12. The number of methoxy groups -OCH3 is 1. The molecule has 2 amide bonds. The number of nitrogens with one attached hydrogen (secondary N) is 1. The smallest absolute Gasteiger partial charge is 0.326 e. The molecule has 0 radical (unpaired) electrons. The molecule has 1 aliphatic heterocycles. The Balaban J connectivity index is 2.02. The van der Waals surface area contributed by atoms with Gasteiger partial charge in [-0.15, -0.1) is 0 Å². The number of carboxylic acid groups (broad SMARTS) is 1. The van der Waals surface area contributed by atoms with E-state index in [2.05, 4.69) is 5.32 Å². The van der Waals surface area contributed by atoms with Gasteiger partial charge in [0.15, 0.2) is 11.5 Å². The Kier molecular flexibility index (Phi) is 10.3. The second-order valence-corrected chi connectivity index (χ2v) is 9.33. The molecular formula is C21H26N2O6S3. The lowest BCUT2D eigenvalue weighted by Crippen LogP contribution is -2.42. The van der Waals surface area contributed by atoms with Gasteiger partial charge in [-0.25, -0.2) is 4.79 Å². The van der Waals surface area contributed by atoms with Crippen LogP contribution in [0.5, 0.6) is 11.5 Å². The summed E-state index contributed by atoms with van der Waals surface area (Å²) in [6.07, 6.45) is 3.87. The van der Waals surface area contributed by atoms with Crippen molar-refractivity contribution in [1.29, 1.82) is 0 Å².